The summed E-state index contributed by atoms with van der Waals surface area (Å²) >= 11 is 5.70. The Balaban J connectivity index is 1.36. The van der Waals surface area contributed by atoms with E-state index in [2.05, 4.69) is 0 Å². The highest BCUT2D eigenvalue weighted by Gasteiger charge is 2.34. The van der Waals surface area contributed by atoms with Crippen LogP contribution in [0.15, 0.2) is 30.3 Å². The molecule has 2 aromatic carbocycles. The van der Waals surface area contributed by atoms with Crippen molar-refractivity contribution in [2.24, 2.45) is 5.92 Å². The molecule has 1 saturated heterocycles. The molecular weight excluding hydrogens is 392 g/mol. The van der Waals surface area contributed by atoms with Gasteiger partial charge in [0.15, 0.2) is 17.3 Å². The molecule has 0 aliphatic carbocycles. The van der Waals surface area contributed by atoms with Crippen molar-refractivity contribution in [3.8, 4) is 11.5 Å². The number of Topliss-reactive ketones (excluding diaryl/α,β-unsaturated/α-hetero) is 1. The van der Waals surface area contributed by atoms with Crippen LogP contribution in [0.2, 0.25) is 5.02 Å². The lowest BCUT2D eigenvalue weighted by molar-refractivity contribution is -0.121. The van der Waals surface area contributed by atoms with Crippen LogP contribution in [-0.2, 0) is 11.2 Å². The number of benzene rings is 2. The highest BCUT2D eigenvalue weighted by atomic mass is 35.5. The molecule has 2 aliphatic rings. The molecular formula is C20H16ClF2NO4. The maximum Gasteiger partial charge on any atom is 0.256 e. The molecule has 5 nitrogen and oxygen atoms in total. The molecule has 2 aromatic rings. The summed E-state index contributed by atoms with van der Waals surface area (Å²) in [6.07, 6.45) is 0.124. The lowest BCUT2D eigenvalue weighted by atomic mass is 9.97. The Kier molecular flexibility index (Phi) is 4.93. The van der Waals surface area contributed by atoms with Gasteiger partial charge >= 0.3 is 0 Å². The molecule has 2 aliphatic heterocycles. The van der Waals surface area contributed by atoms with Crippen molar-refractivity contribution >= 4 is 23.3 Å². The van der Waals surface area contributed by atoms with Crippen LogP contribution in [-0.4, -0.2) is 42.9 Å². The number of carbonyl (C=O) groups is 2. The third kappa shape index (κ3) is 3.67. The van der Waals surface area contributed by atoms with Gasteiger partial charge in [0, 0.05) is 42.1 Å². The molecule has 1 fully saturated rings. The normalized spacial score (nSPS) is 16.2. The molecule has 8 heteroatoms. The molecule has 0 aromatic heterocycles. The summed E-state index contributed by atoms with van der Waals surface area (Å²) in [6.45, 7) is 0.902. The predicted octanol–water partition coefficient (Wildman–Crippen LogP) is 3.27. The van der Waals surface area contributed by atoms with Crippen LogP contribution in [0.25, 0.3) is 0 Å². The SMILES string of the molecule is O=C1COc2cc(F)c(C(=O)N3CC(COc4ccc(Cl)cc4F)C3)cc2C1. The monoisotopic (exact) mass is 407 g/mol. The van der Waals surface area contributed by atoms with E-state index in [1.165, 1.54) is 29.2 Å². The van der Waals surface area contributed by atoms with Gasteiger partial charge in [0.1, 0.15) is 18.2 Å². The van der Waals surface area contributed by atoms with Crippen molar-refractivity contribution < 1.29 is 27.8 Å². The Morgan fingerprint density at radius 2 is 2.00 bits per heavy atom. The second kappa shape index (κ2) is 7.39. The number of hydrogen-bond donors (Lipinski definition) is 0. The number of ketones is 1. The largest absolute Gasteiger partial charge is 0.490 e. The van der Waals surface area contributed by atoms with Crippen LogP contribution < -0.4 is 9.47 Å². The van der Waals surface area contributed by atoms with Crippen molar-refractivity contribution in [3.05, 3.63) is 58.1 Å². The van der Waals surface area contributed by atoms with Crippen LogP contribution in [0.3, 0.4) is 0 Å². The Morgan fingerprint density at radius 1 is 1.21 bits per heavy atom. The van der Waals surface area contributed by atoms with Gasteiger partial charge in [0.25, 0.3) is 5.91 Å². The lowest BCUT2D eigenvalue weighted by Crippen LogP contribution is -2.52. The first-order chi connectivity index (χ1) is 13.4. The van der Waals surface area contributed by atoms with E-state index in [0.29, 0.717) is 24.4 Å². The van der Waals surface area contributed by atoms with Gasteiger partial charge < -0.3 is 14.4 Å². The third-order valence-corrected chi connectivity index (χ3v) is 5.00. The highest BCUT2D eigenvalue weighted by molar-refractivity contribution is 6.30. The summed E-state index contributed by atoms with van der Waals surface area (Å²) in [7, 11) is 0. The minimum Gasteiger partial charge on any atom is -0.490 e. The first kappa shape index (κ1) is 18.7. The highest BCUT2D eigenvalue weighted by Crippen LogP contribution is 2.29. The fourth-order valence-corrected chi connectivity index (χ4v) is 3.43. The fraction of sp³-hybridized carbons (Fsp3) is 0.300. The molecule has 0 atom stereocenters. The Bertz CT molecular complexity index is 959. The first-order valence-electron chi connectivity index (χ1n) is 8.74. The van der Waals surface area contributed by atoms with Crippen molar-refractivity contribution in [1.82, 2.24) is 4.90 Å². The van der Waals surface area contributed by atoms with E-state index >= 15 is 0 Å². The quantitative estimate of drug-likeness (QED) is 0.780. The van der Waals surface area contributed by atoms with Gasteiger partial charge in [-0.3, -0.25) is 9.59 Å². The minimum absolute atomic E-state index is 0.0182. The number of carbonyl (C=O) groups excluding carboxylic acids is 2. The van der Waals surface area contributed by atoms with Crippen LogP contribution in [0.4, 0.5) is 8.78 Å². The molecule has 0 radical (unpaired) electrons. The second-order valence-corrected chi connectivity index (χ2v) is 7.34. The van der Waals surface area contributed by atoms with Gasteiger partial charge in [-0.15, -0.1) is 0 Å². The summed E-state index contributed by atoms with van der Waals surface area (Å²) in [5, 5.41) is 0.282. The number of hydrogen-bond acceptors (Lipinski definition) is 4. The maximum absolute atomic E-state index is 14.3. The zero-order valence-electron chi connectivity index (χ0n) is 14.7. The number of likely N-dealkylation sites (tertiary alicyclic amines) is 1. The summed E-state index contributed by atoms with van der Waals surface area (Å²) in [6, 6.07) is 6.69. The maximum atomic E-state index is 14.3. The number of halogens is 3. The zero-order chi connectivity index (χ0) is 19.8. The minimum atomic E-state index is -0.680. The molecule has 28 heavy (non-hydrogen) atoms. The van der Waals surface area contributed by atoms with Gasteiger partial charge in [0.05, 0.1) is 12.2 Å². The Labute approximate surface area is 164 Å². The standard InChI is InChI=1S/C20H16ClF2NO4/c21-13-1-2-18(17(23)5-13)27-9-11-7-24(8-11)20(26)15-4-12-3-14(25)10-28-19(12)6-16(15)22/h1-2,4-6,11H,3,7-10H2. The average molecular weight is 408 g/mol. The summed E-state index contributed by atoms with van der Waals surface area (Å²) in [5.74, 6) is -1.38. The Morgan fingerprint density at radius 3 is 2.75 bits per heavy atom. The number of fused-ring (bicyclic) bond motifs is 1. The molecule has 0 unspecified atom stereocenters. The molecule has 0 saturated carbocycles. The average Bonchev–Trinajstić information content (AvgIpc) is 2.61. The number of nitrogens with zero attached hydrogens (tertiary/aromatic N) is 1. The van der Waals surface area contributed by atoms with Gasteiger partial charge in [-0.25, -0.2) is 8.78 Å². The lowest BCUT2D eigenvalue weighted by Gasteiger charge is -2.39. The molecule has 0 bridgehead atoms. The van der Waals surface area contributed by atoms with Gasteiger partial charge in [-0.1, -0.05) is 11.6 Å². The molecule has 1 amide bonds. The first-order valence-corrected chi connectivity index (χ1v) is 9.12. The predicted molar refractivity (Wildman–Crippen MR) is 96.9 cm³/mol. The van der Waals surface area contributed by atoms with E-state index in [0.717, 1.165) is 6.07 Å². The zero-order valence-corrected chi connectivity index (χ0v) is 15.5. The summed E-state index contributed by atoms with van der Waals surface area (Å²) < 4.78 is 38.6. The van der Waals surface area contributed by atoms with Gasteiger partial charge in [-0.05, 0) is 24.3 Å². The fourth-order valence-electron chi connectivity index (χ4n) is 3.27. The Hall–Kier alpha value is -2.67. The van der Waals surface area contributed by atoms with Crippen molar-refractivity contribution in [2.75, 3.05) is 26.3 Å². The third-order valence-electron chi connectivity index (χ3n) is 4.77. The smallest absolute Gasteiger partial charge is 0.256 e. The van der Waals surface area contributed by atoms with E-state index < -0.39 is 17.5 Å². The van der Waals surface area contributed by atoms with E-state index in [-0.39, 0.29) is 47.7 Å². The molecule has 0 N–H and O–H groups in total. The van der Waals surface area contributed by atoms with Gasteiger partial charge in [-0.2, -0.15) is 0 Å². The number of ether oxygens (including phenoxy) is 2. The second-order valence-electron chi connectivity index (χ2n) is 6.91. The number of rotatable bonds is 4. The van der Waals surface area contributed by atoms with Gasteiger partial charge in [0.2, 0.25) is 0 Å². The number of amides is 1. The molecule has 146 valence electrons. The molecule has 2 heterocycles. The van der Waals surface area contributed by atoms with Crippen molar-refractivity contribution in [2.45, 2.75) is 6.42 Å². The van der Waals surface area contributed by atoms with E-state index in [1.54, 1.807) is 0 Å². The van der Waals surface area contributed by atoms with Crippen molar-refractivity contribution in [3.63, 3.8) is 0 Å². The van der Waals surface area contributed by atoms with Crippen LogP contribution >= 0.6 is 11.6 Å². The van der Waals surface area contributed by atoms with Crippen LogP contribution in [0, 0.1) is 17.6 Å². The topological polar surface area (TPSA) is 55.8 Å². The summed E-state index contributed by atoms with van der Waals surface area (Å²) in [4.78, 5) is 25.6. The van der Waals surface area contributed by atoms with Crippen LogP contribution in [0.1, 0.15) is 15.9 Å². The molecule has 0 spiro atoms. The van der Waals surface area contributed by atoms with Crippen LogP contribution in [0.5, 0.6) is 11.5 Å². The van der Waals surface area contributed by atoms with E-state index in [1.807, 2.05) is 0 Å². The summed E-state index contributed by atoms with van der Waals surface area (Å²) in [5.41, 5.74) is 0.430. The molecule has 4 rings (SSSR count). The van der Waals surface area contributed by atoms with E-state index in [4.69, 9.17) is 21.1 Å². The van der Waals surface area contributed by atoms with Crippen molar-refractivity contribution in [1.29, 1.82) is 0 Å². The van der Waals surface area contributed by atoms with E-state index in [9.17, 15) is 18.4 Å².